The first-order valence-corrected chi connectivity index (χ1v) is 5.01. The van der Waals surface area contributed by atoms with Crippen LogP contribution in [0.25, 0.3) is 0 Å². The van der Waals surface area contributed by atoms with Crippen LogP contribution >= 0.6 is 0 Å². The molecule has 0 bridgehead atoms. The van der Waals surface area contributed by atoms with Crippen LogP contribution in [0.4, 0.5) is 0 Å². The Kier molecular flexibility index (Phi) is 3.89. The molecule has 0 aromatic carbocycles. The third kappa shape index (κ3) is 2.45. The summed E-state index contributed by atoms with van der Waals surface area (Å²) in [6, 6.07) is 0.224. The van der Waals surface area contributed by atoms with Crippen molar-refractivity contribution in [3.63, 3.8) is 0 Å². The van der Waals surface area contributed by atoms with E-state index in [9.17, 15) is 0 Å². The van der Waals surface area contributed by atoms with Crippen LogP contribution in [0.2, 0.25) is 0 Å². The highest BCUT2D eigenvalue weighted by Crippen LogP contribution is 2.18. The average Bonchev–Trinajstić information content (AvgIpc) is 2.52. The highest BCUT2D eigenvalue weighted by atomic mass is 15.1. The molecule has 1 aromatic heterocycles. The van der Waals surface area contributed by atoms with Gasteiger partial charge in [-0.05, 0) is 19.9 Å². The highest BCUT2D eigenvalue weighted by Gasteiger charge is 2.13. The lowest BCUT2D eigenvalue weighted by molar-refractivity contribution is 0.562. The third-order valence-corrected chi connectivity index (χ3v) is 2.24. The number of rotatable bonds is 5. The number of hydrogen-bond acceptors (Lipinski definition) is 2. The lowest BCUT2D eigenvalue weighted by atomic mass is 10.1. The molecule has 1 rings (SSSR count). The second-order valence-electron chi connectivity index (χ2n) is 3.66. The molecule has 78 valence electrons. The van der Waals surface area contributed by atoms with E-state index < -0.39 is 0 Å². The Morgan fingerprint density at radius 2 is 2.43 bits per heavy atom. The summed E-state index contributed by atoms with van der Waals surface area (Å²) in [4.78, 5) is 4.11. The summed E-state index contributed by atoms with van der Waals surface area (Å²) in [5.74, 6) is 0. The minimum atomic E-state index is 0.224. The van der Waals surface area contributed by atoms with Crippen LogP contribution in [-0.4, -0.2) is 16.1 Å². The van der Waals surface area contributed by atoms with Gasteiger partial charge in [0.25, 0.3) is 0 Å². The largest absolute Gasteiger partial charge is 0.336 e. The van der Waals surface area contributed by atoms with Gasteiger partial charge in [-0.2, -0.15) is 0 Å². The average molecular weight is 193 g/mol. The standard InChI is InChI=1S/C11H19N3/c1-5-6-13-11(9(2)3)10-7-12-8-14(10)4/h7-8,11,13H,2,5-6H2,1,3-4H3. The maximum absolute atomic E-state index is 4.11. The van der Waals surface area contributed by atoms with E-state index >= 15 is 0 Å². The van der Waals surface area contributed by atoms with Crippen LogP contribution in [0.1, 0.15) is 32.0 Å². The number of imidazole rings is 1. The molecule has 0 radical (unpaired) electrons. The lowest BCUT2D eigenvalue weighted by Crippen LogP contribution is -2.24. The quantitative estimate of drug-likeness (QED) is 0.725. The topological polar surface area (TPSA) is 29.9 Å². The van der Waals surface area contributed by atoms with E-state index in [0.29, 0.717) is 0 Å². The molecule has 0 aliphatic rings. The molecule has 0 aliphatic heterocycles. The van der Waals surface area contributed by atoms with E-state index in [4.69, 9.17) is 0 Å². The molecule has 14 heavy (non-hydrogen) atoms. The van der Waals surface area contributed by atoms with Gasteiger partial charge in [0.15, 0.2) is 0 Å². The number of nitrogens with zero attached hydrogens (tertiary/aromatic N) is 2. The Hall–Kier alpha value is -1.09. The van der Waals surface area contributed by atoms with Crippen molar-refractivity contribution in [2.75, 3.05) is 6.54 Å². The summed E-state index contributed by atoms with van der Waals surface area (Å²) < 4.78 is 2.03. The van der Waals surface area contributed by atoms with Gasteiger partial charge >= 0.3 is 0 Å². The Morgan fingerprint density at radius 1 is 1.71 bits per heavy atom. The zero-order valence-electron chi connectivity index (χ0n) is 9.25. The number of nitrogens with one attached hydrogen (secondary N) is 1. The van der Waals surface area contributed by atoms with Gasteiger partial charge in [0, 0.05) is 7.05 Å². The van der Waals surface area contributed by atoms with Crippen LogP contribution in [0.3, 0.4) is 0 Å². The van der Waals surface area contributed by atoms with Gasteiger partial charge in [0.2, 0.25) is 0 Å². The fourth-order valence-corrected chi connectivity index (χ4v) is 1.47. The molecule has 0 amide bonds. The molecular weight excluding hydrogens is 174 g/mol. The van der Waals surface area contributed by atoms with Crippen molar-refractivity contribution < 1.29 is 0 Å². The van der Waals surface area contributed by atoms with Crippen molar-refractivity contribution in [1.29, 1.82) is 0 Å². The summed E-state index contributed by atoms with van der Waals surface area (Å²) in [5, 5.41) is 3.45. The number of hydrogen-bond donors (Lipinski definition) is 1. The molecule has 0 saturated heterocycles. The van der Waals surface area contributed by atoms with Crippen LogP contribution < -0.4 is 5.32 Å². The molecule has 0 aliphatic carbocycles. The van der Waals surface area contributed by atoms with Gasteiger partial charge in [0.05, 0.1) is 24.3 Å². The van der Waals surface area contributed by atoms with Gasteiger partial charge in [-0.15, -0.1) is 0 Å². The lowest BCUT2D eigenvalue weighted by Gasteiger charge is -2.18. The van der Waals surface area contributed by atoms with E-state index in [1.807, 2.05) is 31.1 Å². The van der Waals surface area contributed by atoms with E-state index in [-0.39, 0.29) is 6.04 Å². The maximum Gasteiger partial charge on any atom is 0.0946 e. The fraction of sp³-hybridized carbons (Fsp3) is 0.545. The van der Waals surface area contributed by atoms with Gasteiger partial charge in [-0.3, -0.25) is 0 Å². The molecule has 3 nitrogen and oxygen atoms in total. The SMILES string of the molecule is C=C(C)C(NCCC)c1cncn1C. The minimum Gasteiger partial charge on any atom is -0.336 e. The van der Waals surface area contributed by atoms with Crippen molar-refractivity contribution in [3.05, 3.63) is 30.4 Å². The third-order valence-electron chi connectivity index (χ3n) is 2.24. The Labute approximate surface area is 85.8 Å². The first-order chi connectivity index (χ1) is 6.66. The van der Waals surface area contributed by atoms with Crippen molar-refractivity contribution in [3.8, 4) is 0 Å². The molecule has 1 N–H and O–H groups in total. The zero-order chi connectivity index (χ0) is 10.6. The van der Waals surface area contributed by atoms with Gasteiger partial charge in [0.1, 0.15) is 0 Å². The molecule has 1 heterocycles. The normalized spacial score (nSPS) is 12.8. The van der Waals surface area contributed by atoms with Crippen LogP contribution in [0.5, 0.6) is 0 Å². The summed E-state index contributed by atoms with van der Waals surface area (Å²) in [6.45, 7) is 9.20. The van der Waals surface area contributed by atoms with Crippen LogP contribution in [0.15, 0.2) is 24.7 Å². The maximum atomic E-state index is 4.11. The molecule has 1 atom stereocenters. The summed E-state index contributed by atoms with van der Waals surface area (Å²) in [7, 11) is 2.01. The molecule has 0 saturated carbocycles. The van der Waals surface area contributed by atoms with Crippen molar-refractivity contribution in [2.24, 2.45) is 7.05 Å². The second kappa shape index (κ2) is 4.96. The van der Waals surface area contributed by atoms with E-state index in [2.05, 4.69) is 23.8 Å². The van der Waals surface area contributed by atoms with E-state index in [1.165, 1.54) is 5.69 Å². The van der Waals surface area contributed by atoms with Crippen molar-refractivity contribution in [2.45, 2.75) is 26.3 Å². The van der Waals surface area contributed by atoms with Crippen LogP contribution in [0, 0.1) is 0 Å². The molecule has 3 heteroatoms. The first-order valence-electron chi connectivity index (χ1n) is 5.01. The zero-order valence-corrected chi connectivity index (χ0v) is 9.25. The number of aryl methyl sites for hydroxylation is 1. The Morgan fingerprint density at radius 3 is 2.86 bits per heavy atom. The molecule has 1 unspecified atom stereocenters. The van der Waals surface area contributed by atoms with Crippen molar-refractivity contribution >= 4 is 0 Å². The Balaban J connectivity index is 2.78. The smallest absolute Gasteiger partial charge is 0.0946 e. The van der Waals surface area contributed by atoms with Crippen molar-refractivity contribution in [1.82, 2.24) is 14.9 Å². The molecule has 1 aromatic rings. The predicted molar refractivity (Wildman–Crippen MR) is 59.1 cm³/mol. The van der Waals surface area contributed by atoms with Gasteiger partial charge in [-0.25, -0.2) is 4.98 Å². The molecular formula is C11H19N3. The fourth-order valence-electron chi connectivity index (χ4n) is 1.47. The van der Waals surface area contributed by atoms with E-state index in [1.54, 1.807) is 0 Å². The summed E-state index contributed by atoms with van der Waals surface area (Å²) in [6.07, 6.45) is 4.84. The first kappa shape index (κ1) is 11.0. The van der Waals surface area contributed by atoms with Gasteiger partial charge < -0.3 is 9.88 Å². The summed E-state index contributed by atoms with van der Waals surface area (Å²) in [5.41, 5.74) is 2.30. The number of aromatic nitrogens is 2. The highest BCUT2D eigenvalue weighted by molar-refractivity contribution is 5.17. The monoisotopic (exact) mass is 193 g/mol. The molecule has 0 fully saturated rings. The van der Waals surface area contributed by atoms with E-state index in [0.717, 1.165) is 18.5 Å². The predicted octanol–water partition coefficient (Wildman–Crippen LogP) is 2.04. The minimum absolute atomic E-state index is 0.224. The van der Waals surface area contributed by atoms with Gasteiger partial charge in [-0.1, -0.05) is 19.1 Å². The molecule has 0 spiro atoms. The second-order valence-corrected chi connectivity index (χ2v) is 3.66. The summed E-state index contributed by atoms with van der Waals surface area (Å²) >= 11 is 0. The Bertz CT molecular complexity index is 301. The van der Waals surface area contributed by atoms with Crippen LogP contribution in [-0.2, 0) is 7.05 Å².